The van der Waals surface area contributed by atoms with Crippen molar-refractivity contribution in [3.8, 4) is 0 Å². The van der Waals surface area contributed by atoms with E-state index in [0.29, 0.717) is 0 Å². The summed E-state index contributed by atoms with van der Waals surface area (Å²) in [6.45, 7) is 13.5. The molecule has 0 spiro atoms. The first-order valence-electron chi connectivity index (χ1n) is 7.22. The minimum Gasteiger partial charge on any atom is -0.378 e. The minimum atomic E-state index is 0.0485. The fourth-order valence-corrected chi connectivity index (χ4v) is 2.55. The number of imidazole rings is 1. The number of aromatic nitrogens is 2. The Morgan fingerprint density at radius 3 is 2.05 bits per heavy atom. The zero-order valence-corrected chi connectivity index (χ0v) is 14.1. The zero-order valence-electron chi connectivity index (χ0n) is 14.1. The van der Waals surface area contributed by atoms with Gasteiger partial charge in [0.05, 0.1) is 11.4 Å². The third-order valence-corrected chi connectivity index (χ3v) is 3.55. The number of hydrogen-bond acceptors (Lipinski definition) is 2. The summed E-state index contributed by atoms with van der Waals surface area (Å²) in [4.78, 5) is 7.04. The van der Waals surface area contributed by atoms with E-state index >= 15 is 0 Å². The summed E-state index contributed by atoms with van der Waals surface area (Å²) in [5.74, 6) is 0. The first-order valence-corrected chi connectivity index (χ1v) is 7.22. The molecule has 0 radical (unpaired) electrons. The van der Waals surface area contributed by atoms with E-state index in [1.807, 2.05) is 0 Å². The van der Waals surface area contributed by atoms with Crippen LogP contribution < -0.4 is 4.90 Å². The van der Waals surface area contributed by atoms with Gasteiger partial charge in [-0.15, -0.1) is 0 Å². The average Bonchev–Trinajstić information content (AvgIpc) is 2.65. The minimum absolute atomic E-state index is 0.0485. The van der Waals surface area contributed by atoms with Crippen LogP contribution in [0.15, 0.2) is 18.3 Å². The van der Waals surface area contributed by atoms with Crippen molar-refractivity contribution in [1.82, 2.24) is 9.38 Å². The van der Waals surface area contributed by atoms with Crippen LogP contribution in [-0.4, -0.2) is 23.5 Å². The molecule has 0 aromatic carbocycles. The van der Waals surface area contributed by atoms with Crippen LogP contribution in [0.4, 0.5) is 5.69 Å². The van der Waals surface area contributed by atoms with Gasteiger partial charge in [-0.3, -0.25) is 0 Å². The number of rotatable bonds is 1. The Morgan fingerprint density at radius 1 is 1.00 bits per heavy atom. The maximum atomic E-state index is 4.93. The zero-order chi connectivity index (χ0) is 15.3. The smallest absolute Gasteiger partial charge is 0.139 e. The summed E-state index contributed by atoms with van der Waals surface area (Å²) in [6.07, 6.45) is 2.15. The Labute approximate surface area is 122 Å². The maximum absolute atomic E-state index is 4.93. The molecule has 0 unspecified atom stereocenters. The predicted molar refractivity (Wildman–Crippen MR) is 86.9 cm³/mol. The molecule has 0 amide bonds. The predicted octanol–water partition coefficient (Wildman–Crippen LogP) is 4.00. The quantitative estimate of drug-likeness (QED) is 0.783. The fourth-order valence-electron chi connectivity index (χ4n) is 2.55. The van der Waals surface area contributed by atoms with Gasteiger partial charge in [-0.05, 0) is 6.07 Å². The second-order valence-corrected chi connectivity index (χ2v) is 7.82. The Kier molecular flexibility index (Phi) is 3.35. The third kappa shape index (κ3) is 2.54. The van der Waals surface area contributed by atoms with Gasteiger partial charge >= 0.3 is 0 Å². The molecule has 0 saturated carbocycles. The second-order valence-electron chi connectivity index (χ2n) is 7.82. The lowest BCUT2D eigenvalue weighted by molar-refractivity contribution is 0.506. The molecule has 0 saturated heterocycles. The van der Waals surface area contributed by atoms with Gasteiger partial charge in [0.15, 0.2) is 0 Å². The van der Waals surface area contributed by atoms with Gasteiger partial charge in [0.25, 0.3) is 0 Å². The normalized spacial score (nSPS) is 13.0. The summed E-state index contributed by atoms with van der Waals surface area (Å²) < 4.78 is 2.24. The second kappa shape index (κ2) is 4.51. The van der Waals surface area contributed by atoms with E-state index in [1.54, 1.807) is 0 Å². The number of anilines is 1. The third-order valence-electron chi connectivity index (χ3n) is 3.55. The molecule has 2 heterocycles. The lowest BCUT2D eigenvalue weighted by Gasteiger charge is -2.25. The van der Waals surface area contributed by atoms with E-state index in [2.05, 4.69) is 83.3 Å². The fraction of sp³-hybridized carbons (Fsp3) is 0.588. The Balaban J connectivity index is 2.79. The first-order chi connectivity index (χ1) is 9.01. The van der Waals surface area contributed by atoms with Gasteiger partial charge in [0.1, 0.15) is 5.65 Å². The van der Waals surface area contributed by atoms with Crippen molar-refractivity contribution in [2.24, 2.45) is 0 Å². The van der Waals surface area contributed by atoms with Gasteiger partial charge in [-0.1, -0.05) is 41.5 Å². The number of pyridine rings is 1. The lowest BCUT2D eigenvalue weighted by atomic mass is 9.82. The summed E-state index contributed by atoms with van der Waals surface area (Å²) in [5.41, 5.74) is 4.84. The lowest BCUT2D eigenvalue weighted by Crippen LogP contribution is -2.23. The molecule has 0 aliphatic carbocycles. The Morgan fingerprint density at radius 2 is 1.60 bits per heavy atom. The van der Waals surface area contributed by atoms with E-state index in [9.17, 15) is 0 Å². The summed E-state index contributed by atoms with van der Waals surface area (Å²) in [5, 5.41) is 0. The van der Waals surface area contributed by atoms with E-state index in [1.165, 1.54) is 17.1 Å². The van der Waals surface area contributed by atoms with E-state index in [-0.39, 0.29) is 10.8 Å². The molecule has 110 valence electrons. The molecule has 0 N–H and O–H groups in total. The molecule has 0 aliphatic rings. The highest BCUT2D eigenvalue weighted by atomic mass is 15.1. The molecule has 2 rings (SSSR count). The van der Waals surface area contributed by atoms with E-state index in [4.69, 9.17) is 4.98 Å². The van der Waals surface area contributed by atoms with Crippen LogP contribution in [0.3, 0.4) is 0 Å². The van der Waals surface area contributed by atoms with Crippen molar-refractivity contribution in [1.29, 1.82) is 0 Å². The van der Waals surface area contributed by atoms with Crippen LogP contribution in [-0.2, 0) is 10.8 Å². The number of fused-ring (bicyclic) bond motifs is 1. The van der Waals surface area contributed by atoms with Crippen LogP contribution in [0.25, 0.3) is 5.65 Å². The van der Waals surface area contributed by atoms with Gasteiger partial charge in [-0.25, -0.2) is 4.98 Å². The monoisotopic (exact) mass is 273 g/mol. The average molecular weight is 273 g/mol. The van der Waals surface area contributed by atoms with Gasteiger partial charge in [0, 0.05) is 42.9 Å². The van der Waals surface area contributed by atoms with Crippen molar-refractivity contribution in [3.05, 3.63) is 29.7 Å². The highest BCUT2D eigenvalue weighted by Gasteiger charge is 2.30. The van der Waals surface area contributed by atoms with Crippen LogP contribution in [0, 0.1) is 0 Å². The topological polar surface area (TPSA) is 20.5 Å². The highest BCUT2D eigenvalue weighted by Crippen LogP contribution is 2.34. The molecule has 20 heavy (non-hydrogen) atoms. The van der Waals surface area contributed by atoms with Crippen molar-refractivity contribution in [2.75, 3.05) is 19.0 Å². The summed E-state index contributed by atoms with van der Waals surface area (Å²) in [7, 11) is 4.12. The van der Waals surface area contributed by atoms with Gasteiger partial charge in [-0.2, -0.15) is 0 Å². The first kappa shape index (κ1) is 14.9. The van der Waals surface area contributed by atoms with E-state index in [0.717, 1.165) is 5.65 Å². The van der Waals surface area contributed by atoms with Crippen LogP contribution in [0.1, 0.15) is 52.9 Å². The molecule has 0 bridgehead atoms. The van der Waals surface area contributed by atoms with Gasteiger partial charge < -0.3 is 9.30 Å². The standard InChI is InChI=1S/C17H27N3/c1-16(2,3)14-15(17(4,5)6)20-10-9-12(19(7)8)11-13(20)18-14/h9-11H,1-8H3. The van der Waals surface area contributed by atoms with Crippen LogP contribution in [0.2, 0.25) is 0 Å². The van der Waals surface area contributed by atoms with Crippen molar-refractivity contribution >= 4 is 11.3 Å². The highest BCUT2D eigenvalue weighted by molar-refractivity contribution is 5.58. The molecule has 0 aliphatic heterocycles. The molecule has 2 aromatic heterocycles. The van der Waals surface area contributed by atoms with Crippen LogP contribution >= 0.6 is 0 Å². The molecule has 0 atom stereocenters. The molecule has 2 aromatic rings. The molecule has 3 heteroatoms. The molecule has 3 nitrogen and oxygen atoms in total. The Bertz CT molecular complexity index is 622. The van der Waals surface area contributed by atoms with Crippen molar-refractivity contribution in [3.63, 3.8) is 0 Å². The summed E-state index contributed by atoms with van der Waals surface area (Å²) >= 11 is 0. The maximum Gasteiger partial charge on any atom is 0.139 e. The SMILES string of the molecule is CN(C)c1ccn2c(C(C)(C)C)c(C(C)(C)C)nc2c1. The van der Waals surface area contributed by atoms with Crippen LogP contribution in [0.5, 0.6) is 0 Å². The van der Waals surface area contributed by atoms with Crippen molar-refractivity contribution in [2.45, 2.75) is 52.4 Å². The molecular weight excluding hydrogens is 246 g/mol. The summed E-state index contributed by atoms with van der Waals surface area (Å²) in [6, 6.07) is 4.31. The van der Waals surface area contributed by atoms with E-state index < -0.39 is 0 Å². The van der Waals surface area contributed by atoms with Gasteiger partial charge in [0.2, 0.25) is 0 Å². The molecule has 0 fully saturated rings. The van der Waals surface area contributed by atoms with Crippen molar-refractivity contribution < 1.29 is 0 Å². The largest absolute Gasteiger partial charge is 0.378 e. The number of hydrogen-bond donors (Lipinski definition) is 0. The number of nitrogens with zero attached hydrogens (tertiary/aromatic N) is 3. The Hall–Kier alpha value is -1.51. The molecular formula is C17H27N3.